The van der Waals surface area contributed by atoms with Gasteiger partial charge >= 0.3 is 5.97 Å². The van der Waals surface area contributed by atoms with E-state index < -0.39 is 11.9 Å². The van der Waals surface area contributed by atoms with Crippen molar-refractivity contribution in [2.75, 3.05) is 6.54 Å². The standard InChI is InChI=1S/C13H17NO3/c15-12-11-8(2-1-3-10(11)13(16)17)6-7-14(12)9-4-5-9/h1-2,8-11H,3-7H2,(H,16,17). The van der Waals surface area contributed by atoms with Gasteiger partial charge < -0.3 is 10.0 Å². The number of piperidine rings is 1. The summed E-state index contributed by atoms with van der Waals surface area (Å²) in [6.45, 7) is 0.807. The van der Waals surface area contributed by atoms with Crippen LogP contribution in [0, 0.1) is 17.8 Å². The number of carboxylic acid groups (broad SMARTS) is 1. The van der Waals surface area contributed by atoms with Crippen LogP contribution in [0.25, 0.3) is 0 Å². The Morgan fingerprint density at radius 1 is 1.35 bits per heavy atom. The van der Waals surface area contributed by atoms with Gasteiger partial charge in [-0.15, -0.1) is 0 Å². The van der Waals surface area contributed by atoms with E-state index in [0.717, 1.165) is 25.8 Å². The third-order valence-corrected chi connectivity index (χ3v) is 4.24. The van der Waals surface area contributed by atoms with Crippen LogP contribution >= 0.6 is 0 Å². The molecule has 1 amide bonds. The minimum absolute atomic E-state index is 0.0838. The van der Waals surface area contributed by atoms with Crippen molar-refractivity contribution in [1.82, 2.24) is 4.90 Å². The first-order chi connectivity index (χ1) is 8.18. The van der Waals surface area contributed by atoms with E-state index in [-0.39, 0.29) is 17.7 Å². The molecule has 3 rings (SSSR count). The van der Waals surface area contributed by atoms with Gasteiger partial charge in [0.1, 0.15) is 0 Å². The van der Waals surface area contributed by atoms with E-state index in [1.54, 1.807) is 0 Å². The zero-order chi connectivity index (χ0) is 12.0. The maximum absolute atomic E-state index is 12.4. The Kier molecular flexibility index (Phi) is 2.45. The average Bonchev–Trinajstić information content (AvgIpc) is 3.13. The summed E-state index contributed by atoms with van der Waals surface area (Å²) >= 11 is 0. The fourth-order valence-corrected chi connectivity index (χ4v) is 3.19. The van der Waals surface area contributed by atoms with Gasteiger partial charge in [-0.2, -0.15) is 0 Å². The second kappa shape index (κ2) is 3.86. The van der Waals surface area contributed by atoms with Crippen molar-refractivity contribution >= 4 is 11.9 Å². The third kappa shape index (κ3) is 1.75. The molecule has 3 unspecified atom stereocenters. The molecule has 1 N–H and O–H groups in total. The fraction of sp³-hybridized carbons (Fsp3) is 0.692. The molecular formula is C13H17NO3. The molecule has 0 aromatic carbocycles. The Hall–Kier alpha value is -1.32. The lowest BCUT2D eigenvalue weighted by molar-refractivity contribution is -0.155. The van der Waals surface area contributed by atoms with Crippen molar-refractivity contribution in [3.05, 3.63) is 12.2 Å². The number of carbonyl (C=O) groups is 2. The van der Waals surface area contributed by atoms with E-state index >= 15 is 0 Å². The normalized spacial score (nSPS) is 36.8. The zero-order valence-electron chi connectivity index (χ0n) is 9.71. The largest absolute Gasteiger partial charge is 0.481 e. The minimum atomic E-state index is -0.824. The van der Waals surface area contributed by atoms with E-state index in [0.29, 0.717) is 12.5 Å². The maximum atomic E-state index is 12.4. The summed E-state index contributed by atoms with van der Waals surface area (Å²) in [4.78, 5) is 25.6. The number of allylic oxidation sites excluding steroid dienone is 2. The van der Waals surface area contributed by atoms with Crippen molar-refractivity contribution in [2.45, 2.75) is 31.7 Å². The van der Waals surface area contributed by atoms with E-state index in [4.69, 9.17) is 0 Å². The molecule has 3 atom stereocenters. The molecule has 0 aromatic heterocycles. The molecule has 1 heterocycles. The number of hydrogen-bond acceptors (Lipinski definition) is 2. The van der Waals surface area contributed by atoms with E-state index in [1.807, 2.05) is 17.1 Å². The van der Waals surface area contributed by atoms with Crippen LogP contribution in [0.5, 0.6) is 0 Å². The number of likely N-dealkylation sites (tertiary alicyclic amines) is 1. The van der Waals surface area contributed by atoms with Crippen LogP contribution in [0.2, 0.25) is 0 Å². The predicted molar refractivity (Wildman–Crippen MR) is 61.2 cm³/mol. The molecule has 3 aliphatic rings. The van der Waals surface area contributed by atoms with Crippen molar-refractivity contribution in [1.29, 1.82) is 0 Å². The van der Waals surface area contributed by atoms with Crippen LogP contribution in [-0.2, 0) is 9.59 Å². The predicted octanol–water partition coefficient (Wildman–Crippen LogP) is 1.27. The summed E-state index contributed by atoms with van der Waals surface area (Å²) in [7, 11) is 0. The van der Waals surface area contributed by atoms with Gasteiger partial charge in [0.2, 0.25) is 5.91 Å². The fourth-order valence-electron chi connectivity index (χ4n) is 3.19. The van der Waals surface area contributed by atoms with Crippen molar-refractivity contribution in [2.24, 2.45) is 17.8 Å². The minimum Gasteiger partial charge on any atom is -0.481 e. The summed E-state index contributed by atoms with van der Waals surface area (Å²) in [6.07, 6.45) is 7.59. The zero-order valence-corrected chi connectivity index (χ0v) is 9.71. The molecular weight excluding hydrogens is 218 g/mol. The smallest absolute Gasteiger partial charge is 0.307 e. The number of carboxylic acids is 1. The number of amides is 1. The molecule has 1 saturated heterocycles. The van der Waals surface area contributed by atoms with Crippen LogP contribution in [0.1, 0.15) is 25.7 Å². The maximum Gasteiger partial charge on any atom is 0.307 e. The van der Waals surface area contributed by atoms with Gasteiger partial charge in [-0.05, 0) is 31.6 Å². The monoisotopic (exact) mass is 235 g/mol. The quantitative estimate of drug-likeness (QED) is 0.733. The van der Waals surface area contributed by atoms with E-state index in [2.05, 4.69) is 0 Å². The second-order valence-corrected chi connectivity index (χ2v) is 5.35. The Morgan fingerprint density at radius 3 is 2.76 bits per heavy atom. The molecule has 4 nitrogen and oxygen atoms in total. The van der Waals surface area contributed by atoms with Gasteiger partial charge in [0, 0.05) is 12.6 Å². The van der Waals surface area contributed by atoms with Gasteiger partial charge in [-0.25, -0.2) is 0 Å². The second-order valence-electron chi connectivity index (χ2n) is 5.35. The topological polar surface area (TPSA) is 57.6 Å². The highest BCUT2D eigenvalue weighted by atomic mass is 16.4. The summed E-state index contributed by atoms with van der Waals surface area (Å²) in [5, 5.41) is 9.23. The molecule has 0 radical (unpaired) electrons. The lowest BCUT2D eigenvalue weighted by atomic mass is 9.71. The highest BCUT2D eigenvalue weighted by Crippen LogP contribution is 2.40. The molecule has 0 aromatic rings. The van der Waals surface area contributed by atoms with Gasteiger partial charge in [0.25, 0.3) is 0 Å². The summed E-state index contributed by atoms with van der Waals surface area (Å²) in [5.41, 5.74) is 0. The molecule has 2 aliphatic carbocycles. The SMILES string of the molecule is O=C(O)C1CC=CC2CCN(C3CC3)C(=O)C21. The average molecular weight is 235 g/mol. The molecule has 0 bridgehead atoms. The number of hydrogen-bond donors (Lipinski definition) is 1. The first-order valence-corrected chi connectivity index (χ1v) is 6.38. The van der Waals surface area contributed by atoms with Crippen LogP contribution in [0.15, 0.2) is 12.2 Å². The molecule has 92 valence electrons. The number of fused-ring (bicyclic) bond motifs is 1. The summed E-state index contributed by atoms with van der Waals surface area (Å²) in [6, 6.07) is 0.406. The summed E-state index contributed by atoms with van der Waals surface area (Å²) < 4.78 is 0. The van der Waals surface area contributed by atoms with Crippen LogP contribution < -0.4 is 0 Å². The van der Waals surface area contributed by atoms with Gasteiger partial charge in [0.15, 0.2) is 0 Å². The molecule has 1 saturated carbocycles. The number of nitrogens with zero attached hydrogens (tertiary/aromatic N) is 1. The highest BCUT2D eigenvalue weighted by Gasteiger charge is 2.47. The number of aliphatic carboxylic acids is 1. The lowest BCUT2D eigenvalue weighted by Gasteiger charge is -2.41. The molecule has 1 aliphatic heterocycles. The van der Waals surface area contributed by atoms with Crippen molar-refractivity contribution < 1.29 is 14.7 Å². The van der Waals surface area contributed by atoms with Crippen LogP contribution in [0.3, 0.4) is 0 Å². The lowest BCUT2D eigenvalue weighted by Crippen LogP contribution is -2.51. The van der Waals surface area contributed by atoms with Crippen molar-refractivity contribution in [3.63, 3.8) is 0 Å². The van der Waals surface area contributed by atoms with E-state index in [9.17, 15) is 14.7 Å². The van der Waals surface area contributed by atoms with Crippen molar-refractivity contribution in [3.8, 4) is 0 Å². The third-order valence-electron chi connectivity index (χ3n) is 4.24. The van der Waals surface area contributed by atoms with Gasteiger partial charge in [-0.1, -0.05) is 12.2 Å². The Morgan fingerprint density at radius 2 is 2.12 bits per heavy atom. The molecule has 4 heteroatoms. The van der Waals surface area contributed by atoms with Gasteiger partial charge in [-0.3, -0.25) is 9.59 Å². The van der Waals surface area contributed by atoms with Crippen LogP contribution in [-0.4, -0.2) is 34.5 Å². The summed E-state index contributed by atoms with van der Waals surface area (Å²) in [5.74, 6) is -1.42. The van der Waals surface area contributed by atoms with E-state index in [1.165, 1.54) is 0 Å². The Bertz CT molecular complexity index is 386. The Balaban J connectivity index is 1.86. The van der Waals surface area contributed by atoms with Gasteiger partial charge in [0.05, 0.1) is 11.8 Å². The van der Waals surface area contributed by atoms with Crippen LogP contribution in [0.4, 0.5) is 0 Å². The molecule has 2 fully saturated rings. The number of rotatable bonds is 2. The molecule has 17 heavy (non-hydrogen) atoms. The Labute approximate surface area is 100 Å². The first-order valence-electron chi connectivity index (χ1n) is 6.38. The first kappa shape index (κ1) is 10.8. The molecule has 0 spiro atoms. The number of carbonyl (C=O) groups excluding carboxylic acids is 1. The highest BCUT2D eigenvalue weighted by molar-refractivity contribution is 5.86.